The standard InChI is InChI=1S/C14H11N3O3/c1-20-9-4-2-8(3-5-9)12-11-10(14(18)19)6-15-13(11)17-7-16-12/h2-7H,1H3,(H,18,19)(H,15,16,17). The number of fused-ring (bicyclic) bond motifs is 1. The SMILES string of the molecule is COc1ccc(-c2ncnc3[nH]cc(C(=O)O)c23)cc1. The monoisotopic (exact) mass is 269 g/mol. The third kappa shape index (κ3) is 1.87. The van der Waals surface area contributed by atoms with E-state index in [1.165, 1.54) is 12.5 Å². The number of nitrogens with one attached hydrogen (secondary N) is 1. The van der Waals surface area contributed by atoms with E-state index >= 15 is 0 Å². The summed E-state index contributed by atoms with van der Waals surface area (Å²) < 4.78 is 5.11. The molecule has 0 amide bonds. The molecular formula is C14H11N3O3. The first-order chi connectivity index (χ1) is 9.70. The van der Waals surface area contributed by atoms with Crippen molar-refractivity contribution in [3.63, 3.8) is 0 Å². The van der Waals surface area contributed by atoms with Crippen molar-refractivity contribution in [3.05, 3.63) is 42.4 Å². The fourth-order valence-corrected chi connectivity index (χ4v) is 2.10. The van der Waals surface area contributed by atoms with Gasteiger partial charge in [0.25, 0.3) is 0 Å². The highest BCUT2D eigenvalue weighted by Crippen LogP contribution is 2.29. The van der Waals surface area contributed by atoms with Crippen LogP contribution in [0.1, 0.15) is 10.4 Å². The van der Waals surface area contributed by atoms with Gasteiger partial charge in [-0.15, -0.1) is 0 Å². The second kappa shape index (κ2) is 4.65. The van der Waals surface area contributed by atoms with E-state index in [2.05, 4.69) is 15.0 Å². The molecule has 2 aromatic heterocycles. The van der Waals surface area contributed by atoms with Gasteiger partial charge in [-0.3, -0.25) is 0 Å². The van der Waals surface area contributed by atoms with Gasteiger partial charge in [0.2, 0.25) is 0 Å². The van der Waals surface area contributed by atoms with Gasteiger partial charge in [-0.1, -0.05) is 0 Å². The Morgan fingerprint density at radius 2 is 2.00 bits per heavy atom. The Balaban J connectivity index is 2.24. The van der Waals surface area contributed by atoms with E-state index in [1.807, 2.05) is 12.1 Å². The van der Waals surface area contributed by atoms with Crippen molar-refractivity contribution in [2.45, 2.75) is 0 Å². The van der Waals surface area contributed by atoms with Crippen molar-refractivity contribution in [1.82, 2.24) is 15.0 Å². The molecule has 20 heavy (non-hydrogen) atoms. The van der Waals surface area contributed by atoms with Crippen LogP contribution >= 0.6 is 0 Å². The van der Waals surface area contributed by atoms with Gasteiger partial charge in [-0.05, 0) is 24.3 Å². The van der Waals surface area contributed by atoms with Gasteiger partial charge >= 0.3 is 5.97 Å². The summed E-state index contributed by atoms with van der Waals surface area (Å²) in [6.45, 7) is 0. The summed E-state index contributed by atoms with van der Waals surface area (Å²) in [5, 5.41) is 9.73. The largest absolute Gasteiger partial charge is 0.497 e. The molecule has 0 radical (unpaired) electrons. The Morgan fingerprint density at radius 1 is 1.25 bits per heavy atom. The van der Waals surface area contributed by atoms with Crippen molar-refractivity contribution in [2.75, 3.05) is 7.11 Å². The molecule has 2 N–H and O–H groups in total. The molecule has 3 aromatic rings. The molecule has 0 spiro atoms. The lowest BCUT2D eigenvalue weighted by molar-refractivity contribution is 0.0699. The molecule has 0 saturated carbocycles. The van der Waals surface area contributed by atoms with E-state index in [0.29, 0.717) is 16.7 Å². The van der Waals surface area contributed by atoms with E-state index in [0.717, 1.165) is 11.3 Å². The number of hydrogen-bond acceptors (Lipinski definition) is 4. The molecule has 0 aliphatic carbocycles. The summed E-state index contributed by atoms with van der Waals surface area (Å²) in [5.41, 5.74) is 2.05. The van der Waals surface area contributed by atoms with Crippen molar-refractivity contribution in [3.8, 4) is 17.0 Å². The first-order valence-electron chi connectivity index (χ1n) is 5.90. The highest BCUT2D eigenvalue weighted by molar-refractivity contribution is 6.07. The van der Waals surface area contributed by atoms with Crippen LogP contribution in [-0.4, -0.2) is 33.1 Å². The second-order valence-corrected chi connectivity index (χ2v) is 4.18. The predicted molar refractivity (Wildman–Crippen MR) is 72.8 cm³/mol. The van der Waals surface area contributed by atoms with Gasteiger partial charge in [0.15, 0.2) is 0 Å². The van der Waals surface area contributed by atoms with Crippen molar-refractivity contribution in [1.29, 1.82) is 0 Å². The van der Waals surface area contributed by atoms with Crippen LogP contribution in [0.4, 0.5) is 0 Å². The van der Waals surface area contributed by atoms with Crippen LogP contribution in [0, 0.1) is 0 Å². The number of nitrogens with zero attached hydrogens (tertiary/aromatic N) is 2. The second-order valence-electron chi connectivity index (χ2n) is 4.18. The van der Waals surface area contributed by atoms with E-state index in [9.17, 15) is 9.90 Å². The minimum atomic E-state index is -1.01. The summed E-state index contributed by atoms with van der Waals surface area (Å²) in [6.07, 6.45) is 2.83. The number of rotatable bonds is 3. The molecule has 6 heteroatoms. The molecule has 0 bridgehead atoms. The highest BCUT2D eigenvalue weighted by Gasteiger charge is 2.16. The van der Waals surface area contributed by atoms with Gasteiger partial charge in [-0.25, -0.2) is 14.8 Å². The number of benzene rings is 1. The molecule has 6 nitrogen and oxygen atoms in total. The summed E-state index contributed by atoms with van der Waals surface area (Å²) in [5.74, 6) is -0.285. The van der Waals surface area contributed by atoms with E-state index in [-0.39, 0.29) is 5.56 Å². The maximum Gasteiger partial charge on any atom is 0.338 e. The van der Waals surface area contributed by atoms with Crippen molar-refractivity contribution >= 4 is 17.0 Å². The quantitative estimate of drug-likeness (QED) is 0.761. The summed E-state index contributed by atoms with van der Waals surface area (Å²) >= 11 is 0. The van der Waals surface area contributed by atoms with Crippen LogP contribution < -0.4 is 4.74 Å². The lowest BCUT2D eigenvalue weighted by Gasteiger charge is -2.05. The lowest BCUT2D eigenvalue weighted by atomic mass is 10.1. The molecule has 100 valence electrons. The molecule has 2 heterocycles. The molecule has 0 aliphatic heterocycles. The maximum atomic E-state index is 11.3. The number of H-pyrrole nitrogens is 1. The van der Waals surface area contributed by atoms with Crippen LogP contribution in [0.15, 0.2) is 36.8 Å². The minimum Gasteiger partial charge on any atom is -0.497 e. The Hall–Kier alpha value is -2.89. The number of carbonyl (C=O) groups is 1. The Morgan fingerprint density at radius 3 is 2.65 bits per heavy atom. The Kier molecular flexibility index (Phi) is 2.83. The molecule has 0 fully saturated rings. The van der Waals surface area contributed by atoms with Crippen LogP contribution in [0.25, 0.3) is 22.3 Å². The van der Waals surface area contributed by atoms with Gasteiger partial charge in [0.1, 0.15) is 17.7 Å². The first kappa shape index (κ1) is 12.2. The van der Waals surface area contributed by atoms with Crippen molar-refractivity contribution in [2.24, 2.45) is 0 Å². The molecule has 0 aliphatic rings. The zero-order valence-corrected chi connectivity index (χ0v) is 10.6. The molecule has 3 rings (SSSR count). The third-order valence-electron chi connectivity index (χ3n) is 3.06. The fourth-order valence-electron chi connectivity index (χ4n) is 2.10. The third-order valence-corrected chi connectivity index (χ3v) is 3.06. The van der Waals surface area contributed by atoms with E-state index in [4.69, 9.17) is 4.74 Å². The van der Waals surface area contributed by atoms with Crippen LogP contribution in [0.3, 0.4) is 0 Å². The zero-order chi connectivity index (χ0) is 14.1. The topological polar surface area (TPSA) is 88.1 Å². The van der Waals surface area contributed by atoms with Crippen LogP contribution in [0.2, 0.25) is 0 Å². The lowest BCUT2D eigenvalue weighted by Crippen LogP contribution is -1.96. The maximum absolute atomic E-state index is 11.3. The Labute approximate surface area is 114 Å². The molecular weight excluding hydrogens is 258 g/mol. The summed E-state index contributed by atoms with van der Waals surface area (Å²) in [4.78, 5) is 22.4. The summed E-state index contributed by atoms with van der Waals surface area (Å²) in [6, 6.07) is 7.27. The number of carboxylic acids is 1. The van der Waals surface area contributed by atoms with Gasteiger partial charge < -0.3 is 14.8 Å². The average Bonchev–Trinajstić information content (AvgIpc) is 2.91. The Bertz CT molecular complexity index is 778. The van der Waals surface area contributed by atoms with Gasteiger partial charge in [0, 0.05) is 11.8 Å². The fraction of sp³-hybridized carbons (Fsp3) is 0.0714. The minimum absolute atomic E-state index is 0.159. The van der Waals surface area contributed by atoms with Gasteiger partial charge in [0.05, 0.1) is 23.8 Å². The van der Waals surface area contributed by atoms with Crippen LogP contribution in [-0.2, 0) is 0 Å². The van der Waals surface area contributed by atoms with E-state index in [1.54, 1.807) is 19.2 Å². The number of carboxylic acid groups (broad SMARTS) is 1. The van der Waals surface area contributed by atoms with Crippen molar-refractivity contribution < 1.29 is 14.6 Å². The molecule has 0 atom stereocenters. The zero-order valence-electron chi connectivity index (χ0n) is 10.6. The number of aromatic carboxylic acids is 1. The summed E-state index contributed by atoms with van der Waals surface area (Å²) in [7, 11) is 1.59. The van der Waals surface area contributed by atoms with Crippen LogP contribution in [0.5, 0.6) is 5.75 Å². The average molecular weight is 269 g/mol. The highest BCUT2D eigenvalue weighted by atomic mass is 16.5. The smallest absolute Gasteiger partial charge is 0.338 e. The number of hydrogen-bond donors (Lipinski definition) is 2. The predicted octanol–water partition coefficient (Wildman–Crippen LogP) is 2.33. The molecule has 0 unspecified atom stereocenters. The van der Waals surface area contributed by atoms with E-state index < -0.39 is 5.97 Å². The van der Waals surface area contributed by atoms with Gasteiger partial charge in [-0.2, -0.15) is 0 Å². The normalized spacial score (nSPS) is 10.7. The number of aromatic amines is 1. The molecule has 1 aromatic carbocycles. The number of aromatic nitrogens is 3. The number of ether oxygens (including phenoxy) is 1. The molecule has 0 saturated heterocycles. The number of methoxy groups -OCH3 is 1. The first-order valence-corrected chi connectivity index (χ1v) is 5.90.